The number of nitrogens with one attached hydrogen (secondary N) is 1. The van der Waals surface area contributed by atoms with E-state index in [0.717, 1.165) is 12.0 Å². The van der Waals surface area contributed by atoms with Crippen LogP contribution in [0, 0.1) is 11.3 Å². The van der Waals surface area contributed by atoms with Gasteiger partial charge in [-0.15, -0.1) is 0 Å². The fourth-order valence-electron chi connectivity index (χ4n) is 2.42. The highest BCUT2D eigenvalue weighted by Crippen LogP contribution is 2.21. The summed E-state index contributed by atoms with van der Waals surface area (Å²) in [4.78, 5) is 12.4. The van der Waals surface area contributed by atoms with Crippen LogP contribution in [-0.4, -0.2) is 15.7 Å². The van der Waals surface area contributed by atoms with Crippen molar-refractivity contribution in [3.05, 3.63) is 53.4 Å². The smallest absolute Gasteiger partial charge is 0.266 e. The van der Waals surface area contributed by atoms with Crippen LogP contribution in [0.4, 0.5) is 5.69 Å². The SMILES string of the molecule is CCC(C)c1ccc(NC(=O)/C(C#N)=C/c2cnn(C(C)(C)C)c2)cc1. The second-order valence-corrected chi connectivity index (χ2v) is 7.44. The standard InChI is InChI=1S/C21H26N4O/c1-6-15(2)17-7-9-19(10-8-17)24-20(26)18(12-22)11-16-13-23-25(14-16)21(3,4)5/h7-11,13-15H,6H2,1-5H3,(H,24,26)/b18-11+. The van der Waals surface area contributed by atoms with E-state index in [9.17, 15) is 10.1 Å². The molecular formula is C21H26N4O. The Morgan fingerprint density at radius 2 is 2.00 bits per heavy atom. The summed E-state index contributed by atoms with van der Waals surface area (Å²) in [6.45, 7) is 10.4. The van der Waals surface area contributed by atoms with E-state index in [4.69, 9.17) is 0 Å². The van der Waals surface area contributed by atoms with Gasteiger partial charge < -0.3 is 5.32 Å². The Balaban J connectivity index is 2.13. The van der Waals surface area contributed by atoms with E-state index in [1.54, 1.807) is 17.0 Å². The number of benzene rings is 1. The normalized spacial score (nSPS) is 13.2. The van der Waals surface area contributed by atoms with Crippen LogP contribution in [0.3, 0.4) is 0 Å². The molecule has 0 aliphatic carbocycles. The van der Waals surface area contributed by atoms with Crippen molar-refractivity contribution in [1.29, 1.82) is 5.26 Å². The maximum Gasteiger partial charge on any atom is 0.266 e. The Bertz CT molecular complexity index is 832. The highest BCUT2D eigenvalue weighted by Gasteiger charge is 2.15. The number of carbonyl (C=O) groups excluding carboxylic acids is 1. The second kappa shape index (κ2) is 8.01. The molecule has 0 fully saturated rings. The number of nitrogens with zero attached hydrogens (tertiary/aromatic N) is 3. The van der Waals surface area contributed by atoms with Gasteiger partial charge in [0.2, 0.25) is 0 Å². The minimum absolute atomic E-state index is 0.0458. The molecule has 136 valence electrons. The zero-order valence-corrected chi connectivity index (χ0v) is 16.1. The van der Waals surface area contributed by atoms with Crippen LogP contribution in [0.5, 0.6) is 0 Å². The van der Waals surface area contributed by atoms with E-state index in [0.29, 0.717) is 11.6 Å². The minimum atomic E-state index is -0.424. The van der Waals surface area contributed by atoms with Gasteiger partial charge in [0, 0.05) is 17.4 Å². The predicted octanol–water partition coefficient (Wildman–Crippen LogP) is 4.70. The molecule has 1 N–H and O–H groups in total. The average molecular weight is 350 g/mol. The molecule has 0 spiro atoms. The lowest BCUT2D eigenvalue weighted by atomic mass is 9.98. The molecule has 1 heterocycles. The Morgan fingerprint density at radius 3 is 2.50 bits per heavy atom. The first-order valence-corrected chi connectivity index (χ1v) is 8.83. The van der Waals surface area contributed by atoms with Crippen LogP contribution >= 0.6 is 0 Å². The van der Waals surface area contributed by atoms with Gasteiger partial charge in [-0.1, -0.05) is 26.0 Å². The monoisotopic (exact) mass is 350 g/mol. The molecule has 0 saturated carbocycles. The molecule has 1 unspecified atom stereocenters. The zero-order valence-electron chi connectivity index (χ0n) is 16.1. The molecule has 1 amide bonds. The highest BCUT2D eigenvalue weighted by atomic mass is 16.1. The molecule has 0 saturated heterocycles. The number of hydrogen-bond acceptors (Lipinski definition) is 3. The molecule has 2 aromatic rings. The van der Waals surface area contributed by atoms with Crippen molar-refractivity contribution in [3.8, 4) is 6.07 Å². The third-order valence-corrected chi connectivity index (χ3v) is 4.32. The van der Waals surface area contributed by atoms with Crippen molar-refractivity contribution >= 4 is 17.7 Å². The van der Waals surface area contributed by atoms with Gasteiger partial charge in [0.25, 0.3) is 5.91 Å². The molecule has 1 aromatic heterocycles. The number of rotatable bonds is 5. The Kier molecular flexibility index (Phi) is 5.99. The highest BCUT2D eigenvalue weighted by molar-refractivity contribution is 6.09. The van der Waals surface area contributed by atoms with E-state index in [-0.39, 0.29) is 11.1 Å². The first-order valence-electron chi connectivity index (χ1n) is 8.83. The molecular weight excluding hydrogens is 324 g/mol. The molecule has 1 atom stereocenters. The van der Waals surface area contributed by atoms with Gasteiger partial charge in [0.1, 0.15) is 11.6 Å². The Labute approximate surface area is 155 Å². The fourth-order valence-corrected chi connectivity index (χ4v) is 2.42. The molecule has 5 nitrogen and oxygen atoms in total. The summed E-state index contributed by atoms with van der Waals surface area (Å²) < 4.78 is 1.80. The largest absolute Gasteiger partial charge is 0.321 e. The lowest BCUT2D eigenvalue weighted by Gasteiger charge is -2.18. The number of carbonyl (C=O) groups is 1. The van der Waals surface area contributed by atoms with Gasteiger partial charge in [-0.05, 0) is 56.9 Å². The lowest BCUT2D eigenvalue weighted by molar-refractivity contribution is -0.112. The first kappa shape index (κ1) is 19.5. The third kappa shape index (κ3) is 4.82. The Hall–Kier alpha value is -2.87. The summed E-state index contributed by atoms with van der Waals surface area (Å²) in [5.74, 6) is 0.0565. The molecule has 0 bridgehead atoms. The molecule has 2 rings (SSSR count). The Morgan fingerprint density at radius 1 is 1.35 bits per heavy atom. The molecule has 5 heteroatoms. The molecule has 0 aliphatic heterocycles. The summed E-state index contributed by atoms with van der Waals surface area (Å²) >= 11 is 0. The quantitative estimate of drug-likeness (QED) is 0.628. The third-order valence-electron chi connectivity index (χ3n) is 4.32. The molecule has 0 aliphatic rings. The lowest BCUT2D eigenvalue weighted by Crippen LogP contribution is -2.21. The summed E-state index contributed by atoms with van der Waals surface area (Å²) in [5, 5.41) is 16.4. The van der Waals surface area contributed by atoms with Crippen LogP contribution in [0.15, 0.2) is 42.2 Å². The maximum atomic E-state index is 12.4. The van der Waals surface area contributed by atoms with Gasteiger partial charge in [-0.2, -0.15) is 10.4 Å². The number of hydrogen-bond donors (Lipinski definition) is 1. The topological polar surface area (TPSA) is 70.7 Å². The van der Waals surface area contributed by atoms with Crippen LogP contribution in [0.2, 0.25) is 0 Å². The van der Waals surface area contributed by atoms with E-state index in [1.165, 1.54) is 5.56 Å². The molecule has 26 heavy (non-hydrogen) atoms. The van der Waals surface area contributed by atoms with Gasteiger partial charge >= 0.3 is 0 Å². The second-order valence-electron chi connectivity index (χ2n) is 7.44. The zero-order chi connectivity index (χ0) is 19.3. The summed E-state index contributed by atoms with van der Waals surface area (Å²) in [6.07, 6.45) is 6.09. The van der Waals surface area contributed by atoms with Crippen LogP contribution in [0.1, 0.15) is 58.1 Å². The molecule has 1 aromatic carbocycles. The van der Waals surface area contributed by atoms with Crippen molar-refractivity contribution in [1.82, 2.24) is 9.78 Å². The van der Waals surface area contributed by atoms with Crippen LogP contribution in [0.25, 0.3) is 6.08 Å². The van der Waals surface area contributed by atoms with Crippen molar-refractivity contribution in [2.24, 2.45) is 0 Å². The van der Waals surface area contributed by atoms with Crippen molar-refractivity contribution in [3.63, 3.8) is 0 Å². The maximum absolute atomic E-state index is 12.4. The van der Waals surface area contributed by atoms with E-state index in [2.05, 4.69) is 24.3 Å². The number of aromatic nitrogens is 2. The fraction of sp³-hybridized carbons (Fsp3) is 0.381. The van der Waals surface area contributed by atoms with E-state index < -0.39 is 5.91 Å². The van der Waals surface area contributed by atoms with Gasteiger partial charge in [-0.3, -0.25) is 9.48 Å². The summed E-state index contributed by atoms with van der Waals surface area (Å²) in [5.41, 5.74) is 2.52. The number of nitriles is 1. The predicted molar refractivity (Wildman–Crippen MR) is 105 cm³/mol. The van der Waals surface area contributed by atoms with Gasteiger partial charge in [0.15, 0.2) is 0 Å². The summed E-state index contributed by atoms with van der Waals surface area (Å²) in [7, 11) is 0. The van der Waals surface area contributed by atoms with E-state index >= 15 is 0 Å². The van der Waals surface area contributed by atoms with Gasteiger partial charge in [-0.25, -0.2) is 0 Å². The van der Waals surface area contributed by atoms with E-state index in [1.807, 2.05) is 57.3 Å². The molecule has 0 radical (unpaired) electrons. The van der Waals surface area contributed by atoms with Crippen molar-refractivity contribution in [2.45, 2.75) is 52.5 Å². The number of anilines is 1. The van der Waals surface area contributed by atoms with Crippen molar-refractivity contribution in [2.75, 3.05) is 5.32 Å². The van der Waals surface area contributed by atoms with Crippen LogP contribution < -0.4 is 5.32 Å². The number of amides is 1. The van der Waals surface area contributed by atoms with Crippen molar-refractivity contribution < 1.29 is 4.79 Å². The van der Waals surface area contributed by atoms with Gasteiger partial charge in [0.05, 0.1) is 11.7 Å². The first-order chi connectivity index (χ1) is 12.2. The minimum Gasteiger partial charge on any atom is -0.321 e. The van der Waals surface area contributed by atoms with Crippen LogP contribution in [-0.2, 0) is 10.3 Å². The summed E-state index contributed by atoms with van der Waals surface area (Å²) in [6, 6.07) is 9.72. The average Bonchev–Trinajstić information content (AvgIpc) is 3.08.